The molecule has 3 rings (SSSR count). The third-order valence-corrected chi connectivity index (χ3v) is 4.59. The van der Waals surface area contributed by atoms with E-state index >= 15 is 0 Å². The number of aromatic amines is 1. The Balaban J connectivity index is 2.20. The van der Waals surface area contributed by atoms with Crippen molar-refractivity contribution in [2.75, 3.05) is 5.73 Å². The van der Waals surface area contributed by atoms with Crippen molar-refractivity contribution in [1.82, 2.24) is 14.5 Å². The van der Waals surface area contributed by atoms with Crippen LogP contribution in [0.5, 0.6) is 11.6 Å². The molecule has 156 valence electrons. The van der Waals surface area contributed by atoms with E-state index in [1.54, 1.807) is 30.3 Å². The first-order valence-electron chi connectivity index (χ1n) is 9.21. The van der Waals surface area contributed by atoms with E-state index in [-0.39, 0.29) is 29.3 Å². The zero-order chi connectivity index (χ0) is 22.0. The number of H-pyrrole nitrogens is 1. The number of aldehydes is 1. The van der Waals surface area contributed by atoms with Gasteiger partial charge in [0.2, 0.25) is 5.88 Å². The Labute approximate surface area is 177 Å². The molecule has 8 nitrogen and oxygen atoms in total. The Kier molecular flexibility index (Phi) is 6.07. The van der Waals surface area contributed by atoms with Gasteiger partial charge in [0.1, 0.15) is 23.0 Å². The number of aromatic nitrogens is 3. The average Bonchev–Trinajstić information content (AvgIpc) is 2.63. The minimum absolute atomic E-state index is 0.0451. The summed E-state index contributed by atoms with van der Waals surface area (Å²) in [6, 6.07) is 8.12. The predicted octanol–water partition coefficient (Wildman–Crippen LogP) is 3.25. The van der Waals surface area contributed by atoms with Gasteiger partial charge in [-0.3, -0.25) is 19.1 Å². The van der Waals surface area contributed by atoms with Crippen molar-refractivity contribution in [3.05, 3.63) is 78.6 Å². The number of pyridine rings is 1. The fraction of sp³-hybridized carbons (Fsp3) is 0.238. The van der Waals surface area contributed by atoms with Crippen molar-refractivity contribution >= 4 is 23.7 Å². The van der Waals surface area contributed by atoms with E-state index in [2.05, 4.69) is 9.97 Å². The fourth-order valence-corrected chi connectivity index (χ4v) is 3.43. The number of carbonyl (C=O) groups excluding carboxylic acids is 1. The number of ether oxygens (including phenoxy) is 1. The molecule has 0 unspecified atom stereocenters. The Hall–Kier alpha value is -3.39. The second-order valence-corrected chi connectivity index (χ2v) is 7.63. The van der Waals surface area contributed by atoms with Crippen LogP contribution >= 0.6 is 11.6 Å². The van der Waals surface area contributed by atoms with Gasteiger partial charge in [0.15, 0.2) is 0 Å². The molecule has 3 aromatic rings. The molecule has 3 N–H and O–H groups in total. The Morgan fingerprint density at radius 1 is 1.23 bits per heavy atom. The fourth-order valence-electron chi connectivity index (χ4n) is 3.19. The lowest BCUT2D eigenvalue weighted by molar-refractivity contribution is 0.112. The van der Waals surface area contributed by atoms with Gasteiger partial charge >= 0.3 is 5.69 Å². The van der Waals surface area contributed by atoms with E-state index in [1.165, 1.54) is 4.57 Å². The Morgan fingerprint density at radius 2 is 1.97 bits per heavy atom. The number of nitrogens with two attached hydrogens (primary N) is 1. The molecule has 9 heteroatoms. The molecule has 0 amide bonds. The largest absolute Gasteiger partial charge is 0.440 e. The highest BCUT2D eigenvalue weighted by Crippen LogP contribution is 2.29. The van der Waals surface area contributed by atoms with Crippen molar-refractivity contribution in [2.24, 2.45) is 0 Å². The molecule has 0 fully saturated rings. The highest BCUT2D eigenvalue weighted by atomic mass is 35.5. The molecule has 2 aromatic heterocycles. The van der Waals surface area contributed by atoms with Gasteiger partial charge in [-0.15, -0.1) is 0 Å². The molecule has 2 heterocycles. The van der Waals surface area contributed by atoms with Gasteiger partial charge in [-0.1, -0.05) is 25.4 Å². The SMILES string of the molecule is Cc1cc(C=O)cc(Oc2c(C(C)C)c(=O)[nH]c(=O)n2Cc2cc(N)nc(Cl)c2)c1. The maximum absolute atomic E-state index is 12.7. The first kappa shape index (κ1) is 21.3. The van der Waals surface area contributed by atoms with Crippen LogP contribution in [0.2, 0.25) is 5.15 Å². The molecule has 0 aliphatic rings. The van der Waals surface area contributed by atoms with E-state index < -0.39 is 11.2 Å². The van der Waals surface area contributed by atoms with Crippen LogP contribution in [0, 0.1) is 6.92 Å². The van der Waals surface area contributed by atoms with Crippen LogP contribution in [-0.2, 0) is 6.54 Å². The third kappa shape index (κ3) is 4.60. The summed E-state index contributed by atoms with van der Waals surface area (Å²) in [6.07, 6.45) is 0.704. The van der Waals surface area contributed by atoms with Crippen LogP contribution < -0.4 is 21.7 Å². The number of halogens is 1. The van der Waals surface area contributed by atoms with Gasteiger partial charge in [0.25, 0.3) is 5.56 Å². The molecule has 1 aromatic carbocycles. The molecule has 0 radical (unpaired) electrons. The van der Waals surface area contributed by atoms with Crippen LogP contribution in [0.25, 0.3) is 0 Å². The van der Waals surface area contributed by atoms with Crippen molar-refractivity contribution in [3.63, 3.8) is 0 Å². The van der Waals surface area contributed by atoms with Gasteiger partial charge in [-0.2, -0.15) is 0 Å². The van der Waals surface area contributed by atoms with E-state index in [4.69, 9.17) is 22.1 Å². The predicted molar refractivity (Wildman–Crippen MR) is 115 cm³/mol. The Bertz CT molecular complexity index is 1210. The number of aryl methyl sites for hydroxylation is 1. The van der Waals surface area contributed by atoms with E-state index in [0.29, 0.717) is 28.7 Å². The monoisotopic (exact) mass is 428 g/mol. The molecule has 0 aliphatic carbocycles. The normalized spacial score (nSPS) is 11.0. The molecule has 30 heavy (non-hydrogen) atoms. The van der Waals surface area contributed by atoms with Crippen molar-refractivity contribution in [2.45, 2.75) is 33.2 Å². The molecule has 0 aliphatic heterocycles. The lowest BCUT2D eigenvalue weighted by Crippen LogP contribution is -2.34. The molecular formula is C21H21ClN4O4. The number of rotatable bonds is 6. The van der Waals surface area contributed by atoms with Crippen molar-refractivity contribution in [1.29, 1.82) is 0 Å². The Morgan fingerprint density at radius 3 is 2.60 bits per heavy atom. The zero-order valence-electron chi connectivity index (χ0n) is 16.7. The summed E-state index contributed by atoms with van der Waals surface area (Å²) < 4.78 is 7.32. The number of benzene rings is 1. The first-order valence-corrected chi connectivity index (χ1v) is 9.59. The lowest BCUT2D eigenvalue weighted by atomic mass is 10.1. The standard InChI is InChI=1S/C21H21ClN4O4/c1-11(2)18-19(28)25-21(29)26(9-13-7-16(22)24-17(23)8-13)20(18)30-15-5-12(3)4-14(6-15)10-27/h4-8,10-11H,9H2,1-3H3,(H2,23,24)(H,25,28,29). The van der Waals surface area contributed by atoms with Crippen LogP contribution in [0.4, 0.5) is 5.82 Å². The summed E-state index contributed by atoms with van der Waals surface area (Å²) in [5, 5.41) is 0.184. The van der Waals surface area contributed by atoms with Gasteiger partial charge in [-0.25, -0.2) is 9.78 Å². The quantitative estimate of drug-likeness (QED) is 0.459. The highest BCUT2D eigenvalue weighted by Gasteiger charge is 2.21. The number of nitrogen functional groups attached to an aromatic ring is 1. The summed E-state index contributed by atoms with van der Waals surface area (Å²) in [7, 11) is 0. The van der Waals surface area contributed by atoms with Crippen LogP contribution in [0.15, 0.2) is 39.9 Å². The highest BCUT2D eigenvalue weighted by molar-refractivity contribution is 6.29. The summed E-state index contributed by atoms with van der Waals surface area (Å²) in [5.74, 6) is 0.394. The minimum Gasteiger partial charge on any atom is -0.440 e. The number of carbonyl (C=O) groups is 1. The van der Waals surface area contributed by atoms with Crippen LogP contribution in [0.1, 0.15) is 46.8 Å². The summed E-state index contributed by atoms with van der Waals surface area (Å²) in [5.41, 5.74) is 6.72. The number of nitrogens with one attached hydrogen (secondary N) is 1. The second-order valence-electron chi connectivity index (χ2n) is 7.24. The topological polar surface area (TPSA) is 120 Å². The number of nitrogens with zero attached hydrogens (tertiary/aromatic N) is 2. The molecule has 0 spiro atoms. The van der Waals surface area contributed by atoms with Crippen LogP contribution in [0.3, 0.4) is 0 Å². The first-order chi connectivity index (χ1) is 14.2. The second kappa shape index (κ2) is 8.54. The number of hydrogen-bond donors (Lipinski definition) is 2. The minimum atomic E-state index is -0.644. The van der Waals surface area contributed by atoms with Crippen molar-refractivity contribution in [3.8, 4) is 11.6 Å². The van der Waals surface area contributed by atoms with Gasteiger partial charge < -0.3 is 10.5 Å². The van der Waals surface area contributed by atoms with Crippen LogP contribution in [-0.4, -0.2) is 20.8 Å². The van der Waals surface area contributed by atoms with E-state index in [9.17, 15) is 14.4 Å². The summed E-state index contributed by atoms with van der Waals surface area (Å²) in [6.45, 7) is 5.50. The maximum Gasteiger partial charge on any atom is 0.331 e. The van der Waals surface area contributed by atoms with Gasteiger partial charge in [0, 0.05) is 5.56 Å². The smallest absolute Gasteiger partial charge is 0.331 e. The zero-order valence-corrected chi connectivity index (χ0v) is 17.5. The molecule has 0 bridgehead atoms. The molecular weight excluding hydrogens is 408 g/mol. The molecule has 0 saturated carbocycles. The van der Waals surface area contributed by atoms with Gasteiger partial charge in [0.05, 0.1) is 12.1 Å². The number of anilines is 1. The maximum atomic E-state index is 12.7. The van der Waals surface area contributed by atoms with Gasteiger partial charge in [-0.05, 0) is 54.3 Å². The summed E-state index contributed by atoms with van der Waals surface area (Å²) in [4.78, 5) is 42.7. The number of hydrogen-bond acceptors (Lipinski definition) is 6. The van der Waals surface area contributed by atoms with E-state index in [1.807, 2.05) is 20.8 Å². The molecule has 0 saturated heterocycles. The third-order valence-electron chi connectivity index (χ3n) is 4.40. The average molecular weight is 429 g/mol. The lowest BCUT2D eigenvalue weighted by Gasteiger charge is -2.19. The van der Waals surface area contributed by atoms with E-state index in [0.717, 1.165) is 5.56 Å². The summed E-state index contributed by atoms with van der Waals surface area (Å²) >= 11 is 5.98. The van der Waals surface area contributed by atoms with Crippen molar-refractivity contribution < 1.29 is 9.53 Å². The molecule has 0 atom stereocenters.